The van der Waals surface area contributed by atoms with Crippen molar-refractivity contribution in [2.24, 2.45) is 0 Å². The number of hydrogen-bond donors (Lipinski definition) is 2. The number of imidazole rings is 1. The average Bonchev–Trinajstić information content (AvgIpc) is 2.87. The van der Waals surface area contributed by atoms with Gasteiger partial charge in [-0.15, -0.1) is 0 Å². The van der Waals surface area contributed by atoms with Gasteiger partial charge in [-0.05, 0) is 24.6 Å². The number of amides is 1. The zero-order valence-electron chi connectivity index (χ0n) is 13.3. The number of rotatable bonds is 8. The zero-order chi connectivity index (χ0) is 16.8. The summed E-state index contributed by atoms with van der Waals surface area (Å²) in [5.74, 6) is -0.329. The number of methoxy groups -OCH3 is 1. The van der Waals surface area contributed by atoms with Gasteiger partial charge in [-0.2, -0.15) is 0 Å². The molecule has 0 spiro atoms. The van der Waals surface area contributed by atoms with E-state index in [1.807, 2.05) is 11.5 Å². The van der Waals surface area contributed by atoms with E-state index in [1.54, 1.807) is 25.3 Å². The largest absolute Gasteiger partial charge is 0.478 e. The second kappa shape index (κ2) is 7.73. The third-order valence-electron chi connectivity index (χ3n) is 3.51. The number of nitrogens with one attached hydrogen (secondary N) is 1. The number of carboxylic acid groups (broad SMARTS) is 1. The summed E-state index contributed by atoms with van der Waals surface area (Å²) in [6.45, 7) is 3.33. The molecule has 0 saturated carbocycles. The van der Waals surface area contributed by atoms with E-state index in [4.69, 9.17) is 9.84 Å². The van der Waals surface area contributed by atoms with Crippen LogP contribution >= 0.6 is 0 Å². The fraction of sp³-hybridized carbons (Fsp3) is 0.438. The minimum Gasteiger partial charge on any atom is -0.478 e. The molecule has 124 valence electrons. The second-order valence-corrected chi connectivity index (χ2v) is 5.21. The van der Waals surface area contributed by atoms with E-state index < -0.39 is 5.97 Å². The molecule has 23 heavy (non-hydrogen) atoms. The number of aromatic carboxylic acids is 1. The lowest BCUT2D eigenvalue weighted by atomic mass is 10.2. The topological polar surface area (TPSA) is 93.5 Å². The smallest absolute Gasteiger partial charge is 0.335 e. The number of carbonyl (C=O) groups excluding carboxylic acids is 1. The maximum atomic E-state index is 11.6. The number of hydrogen-bond acceptors (Lipinski definition) is 4. The van der Waals surface area contributed by atoms with Gasteiger partial charge < -0.3 is 19.7 Å². The SMILES string of the molecule is CCCC(=O)NCc1nc2cc(C(=O)O)ccc2n1CCOC. The standard InChI is InChI=1S/C16H21N3O4/c1-3-4-15(20)17-10-14-18-12-9-11(16(21)22)5-6-13(12)19(14)7-8-23-2/h5-6,9H,3-4,7-8,10H2,1-2H3,(H,17,20)(H,21,22). The number of carbonyl (C=O) groups is 2. The first-order chi connectivity index (χ1) is 11.1. The fourth-order valence-corrected chi connectivity index (χ4v) is 2.37. The number of fused-ring (bicyclic) bond motifs is 1. The van der Waals surface area contributed by atoms with Crippen molar-refractivity contribution in [3.63, 3.8) is 0 Å². The molecule has 7 heteroatoms. The summed E-state index contributed by atoms with van der Waals surface area (Å²) in [6.07, 6.45) is 1.26. The molecule has 0 aliphatic heterocycles. The summed E-state index contributed by atoms with van der Waals surface area (Å²) >= 11 is 0. The van der Waals surface area contributed by atoms with Crippen LogP contribution in [0.5, 0.6) is 0 Å². The van der Waals surface area contributed by atoms with Crippen LogP contribution in [0.15, 0.2) is 18.2 Å². The van der Waals surface area contributed by atoms with E-state index >= 15 is 0 Å². The minimum atomic E-state index is -0.990. The van der Waals surface area contributed by atoms with Crippen LogP contribution < -0.4 is 5.32 Å². The van der Waals surface area contributed by atoms with Crippen molar-refractivity contribution in [2.45, 2.75) is 32.9 Å². The zero-order valence-corrected chi connectivity index (χ0v) is 13.3. The Labute approximate surface area is 134 Å². The highest BCUT2D eigenvalue weighted by atomic mass is 16.5. The van der Waals surface area contributed by atoms with E-state index in [9.17, 15) is 9.59 Å². The van der Waals surface area contributed by atoms with Crippen LogP contribution in [0.1, 0.15) is 35.9 Å². The maximum absolute atomic E-state index is 11.6. The Morgan fingerprint density at radius 1 is 1.39 bits per heavy atom. The van der Waals surface area contributed by atoms with Gasteiger partial charge in [0.15, 0.2) is 0 Å². The summed E-state index contributed by atoms with van der Waals surface area (Å²) in [4.78, 5) is 27.2. The highest BCUT2D eigenvalue weighted by molar-refractivity contribution is 5.92. The third kappa shape index (κ3) is 4.07. The third-order valence-corrected chi connectivity index (χ3v) is 3.51. The minimum absolute atomic E-state index is 0.0240. The van der Waals surface area contributed by atoms with Crippen LogP contribution in [-0.2, 0) is 22.6 Å². The molecule has 1 aromatic carbocycles. The van der Waals surface area contributed by atoms with E-state index in [1.165, 1.54) is 0 Å². The van der Waals surface area contributed by atoms with Gasteiger partial charge in [0, 0.05) is 20.1 Å². The highest BCUT2D eigenvalue weighted by Gasteiger charge is 2.13. The lowest BCUT2D eigenvalue weighted by Gasteiger charge is -2.09. The van der Waals surface area contributed by atoms with Crippen molar-refractivity contribution in [1.29, 1.82) is 0 Å². The van der Waals surface area contributed by atoms with Crippen molar-refractivity contribution in [3.05, 3.63) is 29.6 Å². The molecule has 0 aliphatic carbocycles. The molecule has 7 nitrogen and oxygen atoms in total. The van der Waals surface area contributed by atoms with Gasteiger partial charge in [0.05, 0.1) is 29.7 Å². The normalized spacial score (nSPS) is 10.9. The summed E-state index contributed by atoms with van der Waals surface area (Å²) in [6, 6.07) is 4.83. The molecular weight excluding hydrogens is 298 g/mol. The maximum Gasteiger partial charge on any atom is 0.335 e. The van der Waals surface area contributed by atoms with Gasteiger partial charge in [-0.1, -0.05) is 6.92 Å². The van der Waals surface area contributed by atoms with Crippen LogP contribution in [0, 0.1) is 0 Å². The summed E-state index contributed by atoms with van der Waals surface area (Å²) in [5.41, 5.74) is 1.61. The number of ether oxygens (including phenoxy) is 1. The van der Waals surface area contributed by atoms with E-state index in [0.29, 0.717) is 37.5 Å². The number of nitrogens with zero attached hydrogens (tertiary/aromatic N) is 2. The van der Waals surface area contributed by atoms with Crippen molar-refractivity contribution in [1.82, 2.24) is 14.9 Å². The van der Waals surface area contributed by atoms with Gasteiger partial charge in [-0.25, -0.2) is 9.78 Å². The van der Waals surface area contributed by atoms with Crippen molar-refractivity contribution in [3.8, 4) is 0 Å². The number of benzene rings is 1. The summed E-state index contributed by atoms with van der Waals surface area (Å²) in [7, 11) is 1.62. The van der Waals surface area contributed by atoms with Gasteiger partial charge in [0.25, 0.3) is 0 Å². The quantitative estimate of drug-likeness (QED) is 0.774. The molecule has 0 radical (unpaired) electrons. The fourth-order valence-electron chi connectivity index (χ4n) is 2.37. The first kappa shape index (κ1) is 17.0. The van der Waals surface area contributed by atoms with Gasteiger partial charge >= 0.3 is 5.97 Å². The molecule has 0 fully saturated rings. The Hall–Kier alpha value is -2.41. The molecule has 0 aliphatic rings. The lowest BCUT2D eigenvalue weighted by Crippen LogP contribution is -2.24. The van der Waals surface area contributed by atoms with Crippen molar-refractivity contribution in [2.75, 3.05) is 13.7 Å². The van der Waals surface area contributed by atoms with Gasteiger partial charge in [-0.3, -0.25) is 4.79 Å². The molecule has 0 unspecified atom stereocenters. The molecule has 2 rings (SSSR count). The summed E-state index contributed by atoms with van der Waals surface area (Å²) < 4.78 is 7.06. The Morgan fingerprint density at radius 3 is 2.83 bits per heavy atom. The molecule has 0 bridgehead atoms. The first-order valence-corrected chi connectivity index (χ1v) is 7.55. The number of aromatic nitrogens is 2. The van der Waals surface area contributed by atoms with E-state index in [0.717, 1.165) is 11.9 Å². The van der Waals surface area contributed by atoms with Crippen LogP contribution in [0.2, 0.25) is 0 Å². The first-order valence-electron chi connectivity index (χ1n) is 7.55. The van der Waals surface area contributed by atoms with Crippen LogP contribution in [0.4, 0.5) is 0 Å². The highest BCUT2D eigenvalue weighted by Crippen LogP contribution is 2.18. The van der Waals surface area contributed by atoms with Crippen molar-refractivity contribution >= 4 is 22.9 Å². The van der Waals surface area contributed by atoms with Crippen molar-refractivity contribution < 1.29 is 19.4 Å². The predicted octanol–water partition coefficient (Wildman–Crippen LogP) is 1.80. The Kier molecular flexibility index (Phi) is 5.70. The molecule has 1 heterocycles. The Morgan fingerprint density at radius 2 is 2.17 bits per heavy atom. The van der Waals surface area contributed by atoms with E-state index in [-0.39, 0.29) is 11.5 Å². The predicted molar refractivity (Wildman–Crippen MR) is 85.3 cm³/mol. The molecule has 2 aromatic rings. The van der Waals surface area contributed by atoms with Gasteiger partial charge in [0.1, 0.15) is 5.82 Å². The number of carboxylic acids is 1. The molecule has 0 saturated heterocycles. The van der Waals surface area contributed by atoms with Gasteiger partial charge in [0.2, 0.25) is 5.91 Å². The molecule has 1 aromatic heterocycles. The summed E-state index contributed by atoms with van der Waals surface area (Å²) in [5, 5.41) is 11.9. The molecular formula is C16H21N3O4. The van der Waals surface area contributed by atoms with Crippen LogP contribution in [0.25, 0.3) is 11.0 Å². The average molecular weight is 319 g/mol. The Balaban J connectivity index is 2.32. The van der Waals surface area contributed by atoms with Crippen LogP contribution in [-0.4, -0.2) is 40.3 Å². The Bertz CT molecular complexity index is 709. The second-order valence-electron chi connectivity index (χ2n) is 5.21. The molecule has 2 N–H and O–H groups in total. The van der Waals surface area contributed by atoms with E-state index in [2.05, 4.69) is 10.3 Å². The molecule has 0 atom stereocenters. The van der Waals surface area contributed by atoms with Crippen LogP contribution in [0.3, 0.4) is 0 Å². The molecule has 1 amide bonds. The monoisotopic (exact) mass is 319 g/mol. The lowest BCUT2D eigenvalue weighted by molar-refractivity contribution is -0.121.